The number of halogens is 1. The lowest BCUT2D eigenvalue weighted by molar-refractivity contribution is -0.111. The molecule has 20 heavy (non-hydrogen) atoms. The minimum absolute atomic E-state index is 0.300. The first kappa shape index (κ1) is 14.3. The number of amides is 2. The van der Waals surface area contributed by atoms with E-state index in [0.29, 0.717) is 15.6 Å². The molecule has 4 nitrogen and oxygen atoms in total. The van der Waals surface area contributed by atoms with Gasteiger partial charge in [0.1, 0.15) is 5.00 Å². The molecular formula is C14H11ClN2O2S. The van der Waals surface area contributed by atoms with Crippen LogP contribution in [0.4, 0.5) is 5.00 Å². The maximum absolute atomic E-state index is 11.8. The van der Waals surface area contributed by atoms with E-state index >= 15 is 0 Å². The smallest absolute Gasteiger partial charge is 0.251 e. The van der Waals surface area contributed by atoms with Gasteiger partial charge in [-0.1, -0.05) is 29.8 Å². The van der Waals surface area contributed by atoms with Gasteiger partial charge >= 0.3 is 0 Å². The van der Waals surface area contributed by atoms with Crippen molar-refractivity contribution in [2.24, 2.45) is 5.73 Å². The quantitative estimate of drug-likeness (QED) is 0.852. The molecule has 0 bridgehead atoms. The fraction of sp³-hybridized carbons (Fsp3) is 0. The van der Waals surface area contributed by atoms with Crippen molar-refractivity contribution in [1.29, 1.82) is 0 Å². The topological polar surface area (TPSA) is 72.2 Å². The number of carbonyl (C=O) groups is 2. The number of anilines is 1. The van der Waals surface area contributed by atoms with Crippen molar-refractivity contribution in [1.82, 2.24) is 0 Å². The number of benzene rings is 1. The van der Waals surface area contributed by atoms with E-state index in [1.54, 1.807) is 29.7 Å². The van der Waals surface area contributed by atoms with Gasteiger partial charge in [-0.2, -0.15) is 0 Å². The lowest BCUT2D eigenvalue weighted by atomic mass is 10.2. The first-order valence-electron chi connectivity index (χ1n) is 5.69. The number of hydrogen-bond acceptors (Lipinski definition) is 3. The Hall–Kier alpha value is -2.11. The summed E-state index contributed by atoms with van der Waals surface area (Å²) in [4.78, 5) is 22.9. The Morgan fingerprint density at radius 2 is 2.00 bits per heavy atom. The second-order valence-corrected chi connectivity index (χ2v) is 5.20. The summed E-state index contributed by atoms with van der Waals surface area (Å²) in [5.41, 5.74) is 6.24. The van der Waals surface area contributed by atoms with Crippen LogP contribution in [-0.2, 0) is 4.79 Å². The lowest BCUT2D eigenvalue weighted by Gasteiger charge is -2.01. The number of nitrogens with one attached hydrogen (secondary N) is 1. The molecule has 1 aromatic carbocycles. The molecule has 2 amide bonds. The Bertz CT molecular complexity index is 679. The molecule has 0 aliphatic heterocycles. The molecule has 0 radical (unpaired) electrons. The van der Waals surface area contributed by atoms with Crippen LogP contribution in [0.25, 0.3) is 6.08 Å². The molecule has 3 N–H and O–H groups in total. The minimum atomic E-state index is -0.573. The van der Waals surface area contributed by atoms with Crippen LogP contribution in [-0.4, -0.2) is 11.8 Å². The molecule has 2 aromatic rings. The van der Waals surface area contributed by atoms with Gasteiger partial charge in [0, 0.05) is 11.1 Å². The first-order valence-corrected chi connectivity index (χ1v) is 6.94. The average Bonchev–Trinajstić information content (AvgIpc) is 2.86. The van der Waals surface area contributed by atoms with Crippen molar-refractivity contribution in [2.75, 3.05) is 5.32 Å². The monoisotopic (exact) mass is 306 g/mol. The van der Waals surface area contributed by atoms with Crippen LogP contribution in [0, 0.1) is 0 Å². The van der Waals surface area contributed by atoms with Crippen LogP contribution >= 0.6 is 22.9 Å². The average molecular weight is 307 g/mol. The van der Waals surface area contributed by atoms with Crippen molar-refractivity contribution >= 4 is 45.8 Å². The SMILES string of the molecule is NC(=O)c1ccsc1NC(=O)C=Cc1ccccc1Cl. The zero-order chi connectivity index (χ0) is 14.5. The lowest BCUT2D eigenvalue weighted by Crippen LogP contribution is -2.14. The summed E-state index contributed by atoms with van der Waals surface area (Å²) in [5, 5.41) is 5.30. The van der Waals surface area contributed by atoms with E-state index in [4.69, 9.17) is 17.3 Å². The normalized spacial score (nSPS) is 10.7. The zero-order valence-corrected chi connectivity index (χ0v) is 11.9. The summed E-state index contributed by atoms with van der Waals surface area (Å²) in [7, 11) is 0. The van der Waals surface area contributed by atoms with Gasteiger partial charge < -0.3 is 11.1 Å². The van der Waals surface area contributed by atoms with Gasteiger partial charge in [-0.3, -0.25) is 9.59 Å². The maximum atomic E-state index is 11.8. The number of rotatable bonds is 4. The largest absolute Gasteiger partial charge is 0.366 e. The van der Waals surface area contributed by atoms with Crippen LogP contribution in [0.5, 0.6) is 0 Å². The van der Waals surface area contributed by atoms with Gasteiger partial charge in [-0.25, -0.2) is 0 Å². The van der Waals surface area contributed by atoms with Gasteiger partial charge in [-0.15, -0.1) is 11.3 Å². The molecule has 1 heterocycles. The van der Waals surface area contributed by atoms with E-state index < -0.39 is 5.91 Å². The Kier molecular flexibility index (Phi) is 4.55. The molecule has 0 fully saturated rings. The summed E-state index contributed by atoms with van der Waals surface area (Å²) in [6.45, 7) is 0. The third kappa shape index (κ3) is 3.46. The molecule has 0 aliphatic carbocycles. The van der Waals surface area contributed by atoms with Gasteiger partial charge in [-0.05, 0) is 29.2 Å². The van der Waals surface area contributed by atoms with E-state index in [2.05, 4.69) is 5.32 Å². The van der Waals surface area contributed by atoms with Crippen LogP contribution in [0.15, 0.2) is 41.8 Å². The molecule has 1 aromatic heterocycles. The van der Waals surface area contributed by atoms with E-state index in [9.17, 15) is 9.59 Å². The Morgan fingerprint density at radius 3 is 2.70 bits per heavy atom. The van der Waals surface area contributed by atoms with E-state index in [1.165, 1.54) is 17.4 Å². The molecular weight excluding hydrogens is 296 g/mol. The standard InChI is InChI=1S/C14H11ClN2O2S/c15-11-4-2-1-3-9(11)5-6-12(18)17-14-10(13(16)19)7-8-20-14/h1-8H,(H2,16,19)(H,17,18). The second-order valence-electron chi connectivity index (χ2n) is 3.87. The van der Waals surface area contributed by atoms with Crippen LogP contribution in [0.2, 0.25) is 5.02 Å². The van der Waals surface area contributed by atoms with Gasteiger partial charge in [0.05, 0.1) is 5.56 Å². The highest BCUT2D eigenvalue weighted by Crippen LogP contribution is 2.23. The second kappa shape index (κ2) is 6.36. The highest BCUT2D eigenvalue weighted by Gasteiger charge is 2.10. The molecule has 0 aliphatic rings. The molecule has 102 valence electrons. The van der Waals surface area contributed by atoms with Crippen LogP contribution < -0.4 is 11.1 Å². The summed E-state index contributed by atoms with van der Waals surface area (Å²) >= 11 is 7.21. The third-order valence-corrected chi connectivity index (χ3v) is 3.66. The number of thiophene rings is 1. The molecule has 0 saturated carbocycles. The van der Waals surface area contributed by atoms with Crippen LogP contribution in [0.3, 0.4) is 0 Å². The number of primary amides is 1. The fourth-order valence-electron chi connectivity index (χ4n) is 1.53. The maximum Gasteiger partial charge on any atom is 0.251 e. The fourth-order valence-corrected chi connectivity index (χ4v) is 2.52. The van der Waals surface area contributed by atoms with Gasteiger partial charge in [0.25, 0.3) is 5.91 Å². The molecule has 0 saturated heterocycles. The Balaban J connectivity index is 2.08. The summed E-state index contributed by atoms with van der Waals surface area (Å²) in [6.07, 6.45) is 2.96. The van der Waals surface area contributed by atoms with E-state index in [-0.39, 0.29) is 5.91 Å². The van der Waals surface area contributed by atoms with E-state index in [1.807, 2.05) is 12.1 Å². The highest BCUT2D eigenvalue weighted by molar-refractivity contribution is 7.14. The highest BCUT2D eigenvalue weighted by atomic mass is 35.5. The van der Waals surface area contributed by atoms with Crippen molar-refractivity contribution in [3.8, 4) is 0 Å². The predicted octanol–water partition coefficient (Wildman–Crippen LogP) is 3.15. The van der Waals surface area contributed by atoms with Gasteiger partial charge in [0.2, 0.25) is 5.91 Å². The van der Waals surface area contributed by atoms with E-state index in [0.717, 1.165) is 5.56 Å². The molecule has 0 unspecified atom stereocenters. The number of nitrogens with two attached hydrogens (primary N) is 1. The summed E-state index contributed by atoms with van der Waals surface area (Å²) in [6, 6.07) is 8.74. The number of carbonyl (C=O) groups excluding carboxylic acids is 2. The first-order chi connectivity index (χ1) is 9.58. The summed E-state index contributed by atoms with van der Waals surface area (Å²) < 4.78 is 0. The van der Waals surface area contributed by atoms with Crippen molar-refractivity contribution < 1.29 is 9.59 Å². The van der Waals surface area contributed by atoms with Crippen LogP contribution in [0.1, 0.15) is 15.9 Å². The number of hydrogen-bond donors (Lipinski definition) is 2. The Labute approximate surface area is 124 Å². The van der Waals surface area contributed by atoms with Crippen molar-refractivity contribution in [3.05, 3.63) is 57.9 Å². The summed E-state index contributed by atoms with van der Waals surface area (Å²) in [5.74, 6) is -0.925. The third-order valence-electron chi connectivity index (χ3n) is 2.49. The Morgan fingerprint density at radius 1 is 1.25 bits per heavy atom. The van der Waals surface area contributed by atoms with Crippen molar-refractivity contribution in [2.45, 2.75) is 0 Å². The molecule has 6 heteroatoms. The molecule has 0 atom stereocenters. The molecule has 0 spiro atoms. The predicted molar refractivity (Wildman–Crippen MR) is 82.0 cm³/mol. The minimum Gasteiger partial charge on any atom is -0.366 e. The van der Waals surface area contributed by atoms with Gasteiger partial charge in [0.15, 0.2) is 0 Å². The zero-order valence-electron chi connectivity index (χ0n) is 10.3. The van der Waals surface area contributed by atoms with Crippen molar-refractivity contribution in [3.63, 3.8) is 0 Å². The molecule has 2 rings (SSSR count).